The fraction of sp³-hybridized carbons (Fsp3) is 0.333. The molecule has 1 unspecified atom stereocenters. The summed E-state index contributed by atoms with van der Waals surface area (Å²) in [5.74, 6) is 0. The predicted octanol–water partition coefficient (Wildman–Crippen LogP) is -2.18. The number of halogens is 2. The fourth-order valence-corrected chi connectivity index (χ4v) is 8.94. The van der Waals surface area contributed by atoms with Crippen molar-refractivity contribution in [3.8, 4) is 0 Å². The van der Waals surface area contributed by atoms with Crippen LogP contribution in [-0.2, 0) is 19.2 Å². The maximum absolute atomic E-state index is 3.67. The van der Waals surface area contributed by atoms with E-state index in [2.05, 4.69) is 69.2 Å². The van der Waals surface area contributed by atoms with Gasteiger partial charge in [-0.3, -0.25) is 0 Å². The Hall–Kier alpha value is -0.249. The number of aromatic amines is 1. The van der Waals surface area contributed by atoms with Crippen LogP contribution in [0.2, 0.25) is 13.1 Å². The van der Waals surface area contributed by atoms with Gasteiger partial charge in [-0.1, -0.05) is 0 Å². The van der Waals surface area contributed by atoms with Crippen LogP contribution in [0.1, 0.15) is 32.2 Å². The number of aryl methyl sites for hydroxylation is 1. The normalized spacial score (nSPS) is 15.4. The number of nitrogens with one attached hydrogen (secondary N) is 1. The van der Waals surface area contributed by atoms with Crippen LogP contribution in [0.5, 0.6) is 0 Å². The van der Waals surface area contributed by atoms with E-state index in [0.29, 0.717) is 4.22 Å². The molecule has 0 radical (unpaired) electrons. The van der Waals surface area contributed by atoms with Gasteiger partial charge >= 0.3 is 139 Å². The van der Waals surface area contributed by atoms with Crippen molar-refractivity contribution in [3.63, 3.8) is 0 Å². The number of allylic oxidation sites excluding steroid dienone is 1. The van der Waals surface area contributed by atoms with E-state index in [1.807, 2.05) is 0 Å². The Bertz CT molecular complexity index is 722. The first-order valence-electron chi connectivity index (χ1n) is 7.71. The van der Waals surface area contributed by atoms with E-state index in [4.69, 9.17) is 0 Å². The topological polar surface area (TPSA) is 15.8 Å². The number of hydrogen-bond donors (Lipinski definition) is 1. The Balaban J connectivity index is 0.00000132. The molecule has 1 aromatic carbocycles. The number of H-pyrrole nitrogens is 1. The Kier molecular flexibility index (Phi) is 7.43. The number of hydrogen-bond acceptors (Lipinski definition) is 0. The molecular formula is C18H23Cl2NSiTi. The average molecular weight is 400 g/mol. The van der Waals surface area contributed by atoms with Gasteiger partial charge in [0.15, 0.2) is 0 Å². The van der Waals surface area contributed by atoms with Gasteiger partial charge in [-0.25, -0.2) is 0 Å². The first-order valence-corrected chi connectivity index (χ1v) is 12.3. The van der Waals surface area contributed by atoms with Crippen molar-refractivity contribution in [3.05, 3.63) is 57.4 Å². The van der Waals surface area contributed by atoms with Crippen molar-refractivity contribution >= 4 is 18.9 Å². The molecule has 1 aromatic heterocycles. The van der Waals surface area contributed by atoms with Crippen molar-refractivity contribution < 1.29 is 44.0 Å². The molecule has 0 amide bonds. The third-order valence-corrected chi connectivity index (χ3v) is 9.77. The predicted molar refractivity (Wildman–Crippen MR) is 90.7 cm³/mol. The largest absolute Gasteiger partial charge is 1.00 e. The van der Waals surface area contributed by atoms with Gasteiger partial charge in [-0.05, 0) is 0 Å². The van der Waals surface area contributed by atoms with E-state index in [-0.39, 0.29) is 44.0 Å². The van der Waals surface area contributed by atoms with Crippen LogP contribution < -0.4 is 28.8 Å². The van der Waals surface area contributed by atoms with Gasteiger partial charge in [0, 0.05) is 0 Å². The second kappa shape index (κ2) is 8.22. The summed E-state index contributed by atoms with van der Waals surface area (Å²) in [6.45, 7) is 11.7. The van der Waals surface area contributed by atoms with E-state index in [1.54, 1.807) is 14.8 Å². The minimum atomic E-state index is -0.751. The Labute approximate surface area is 162 Å². The summed E-state index contributed by atoms with van der Waals surface area (Å²) >= 11 is -0.205. The van der Waals surface area contributed by atoms with Gasteiger partial charge in [0.1, 0.15) is 0 Å². The van der Waals surface area contributed by atoms with Crippen LogP contribution in [-0.4, -0.2) is 13.8 Å². The molecule has 1 aliphatic carbocycles. The van der Waals surface area contributed by atoms with Crippen molar-refractivity contribution in [2.24, 2.45) is 0 Å². The zero-order valence-electron chi connectivity index (χ0n) is 14.3. The molecule has 0 fully saturated rings. The van der Waals surface area contributed by atoms with Crippen LogP contribution in [0, 0.1) is 20.8 Å². The molecule has 0 spiro atoms. The quantitative estimate of drug-likeness (QED) is 0.565. The SMILES string of the molecule is Cc1[nH][c]([Ti+2][CH]2C([SiH](C)C)=Cc3ccccc32)c(C)c1C.[Cl-].[Cl-]. The molecular weight excluding hydrogens is 377 g/mol. The molecule has 23 heavy (non-hydrogen) atoms. The summed E-state index contributed by atoms with van der Waals surface area (Å²) in [7, 11) is -0.751. The molecule has 0 saturated carbocycles. The van der Waals surface area contributed by atoms with Crippen molar-refractivity contribution in [1.82, 2.24) is 4.98 Å². The van der Waals surface area contributed by atoms with Gasteiger partial charge in [0.05, 0.1) is 0 Å². The molecule has 5 heteroatoms. The Morgan fingerprint density at radius 2 is 1.65 bits per heavy atom. The summed E-state index contributed by atoms with van der Waals surface area (Å²) in [5, 5.41) is 1.76. The van der Waals surface area contributed by atoms with Gasteiger partial charge in [0.25, 0.3) is 0 Å². The van der Waals surface area contributed by atoms with E-state index in [1.165, 1.54) is 22.4 Å². The van der Waals surface area contributed by atoms with Crippen LogP contribution in [0.15, 0.2) is 29.5 Å². The van der Waals surface area contributed by atoms with Crippen LogP contribution in [0.3, 0.4) is 0 Å². The second-order valence-electron chi connectivity index (χ2n) is 6.38. The van der Waals surface area contributed by atoms with E-state index < -0.39 is 8.80 Å². The summed E-state index contributed by atoms with van der Waals surface area (Å²) < 4.78 is 2.26. The smallest absolute Gasteiger partial charge is 1.00 e. The van der Waals surface area contributed by atoms with Gasteiger partial charge < -0.3 is 24.8 Å². The zero-order chi connectivity index (χ0) is 15.1. The molecule has 1 N–H and O–H groups in total. The maximum atomic E-state index is 3.67. The van der Waals surface area contributed by atoms with Crippen molar-refractivity contribution in [2.75, 3.05) is 0 Å². The summed E-state index contributed by atoms with van der Waals surface area (Å²) in [6, 6.07) is 9.01. The molecule has 2 aromatic rings. The summed E-state index contributed by atoms with van der Waals surface area (Å²) in [5.41, 5.74) is 7.36. The molecule has 1 atom stereocenters. The maximum Gasteiger partial charge on any atom is -1.00 e. The summed E-state index contributed by atoms with van der Waals surface area (Å²) in [6.07, 6.45) is 2.50. The summed E-state index contributed by atoms with van der Waals surface area (Å²) in [4.78, 5) is 3.67. The number of aromatic nitrogens is 1. The average Bonchev–Trinajstić information content (AvgIpc) is 2.94. The monoisotopic (exact) mass is 399 g/mol. The number of benzene rings is 1. The van der Waals surface area contributed by atoms with Gasteiger partial charge in [-0.2, -0.15) is 0 Å². The standard InChI is InChI=1S/C11H13Si.C7H10N.2ClH.Ti/c1-12(2)11-7-9-5-3-4-6-10(9)8-11;1-5-4-8-7(3)6(5)2;;;/h3-8,12H,1-2H3;8H,1-3H3;2*1H;/q;;;;+2/p-2. The first kappa shape index (κ1) is 20.8. The van der Waals surface area contributed by atoms with Crippen molar-refractivity contribution in [2.45, 2.75) is 38.1 Å². The zero-order valence-corrected chi connectivity index (χ0v) is 18.5. The van der Waals surface area contributed by atoms with E-state index in [0.717, 1.165) is 0 Å². The molecule has 1 heterocycles. The second-order valence-corrected chi connectivity index (χ2v) is 11.5. The van der Waals surface area contributed by atoms with Gasteiger partial charge in [-0.15, -0.1) is 0 Å². The van der Waals surface area contributed by atoms with Crippen LogP contribution >= 0.6 is 0 Å². The molecule has 122 valence electrons. The number of rotatable bonds is 3. The van der Waals surface area contributed by atoms with Crippen LogP contribution in [0.4, 0.5) is 0 Å². The molecule has 0 aliphatic heterocycles. The molecule has 0 saturated heterocycles. The molecule has 1 nitrogen and oxygen atoms in total. The van der Waals surface area contributed by atoms with Crippen molar-refractivity contribution in [1.29, 1.82) is 0 Å². The molecule has 0 bridgehead atoms. The minimum Gasteiger partial charge on any atom is -1.00 e. The Morgan fingerprint density at radius 1 is 1.00 bits per heavy atom. The van der Waals surface area contributed by atoms with E-state index in [9.17, 15) is 0 Å². The third-order valence-electron chi connectivity index (χ3n) is 4.73. The third kappa shape index (κ3) is 3.88. The first-order chi connectivity index (χ1) is 9.99. The fourth-order valence-electron chi connectivity index (χ4n) is 3.14. The number of fused-ring (bicyclic) bond motifs is 1. The van der Waals surface area contributed by atoms with E-state index >= 15 is 0 Å². The van der Waals surface area contributed by atoms with Gasteiger partial charge in [0.2, 0.25) is 0 Å². The molecule has 1 aliphatic rings. The Morgan fingerprint density at radius 3 is 2.22 bits per heavy atom. The molecule has 3 rings (SSSR count). The van der Waals surface area contributed by atoms with Crippen LogP contribution in [0.25, 0.3) is 6.08 Å². The minimum absolute atomic E-state index is 0.